The van der Waals surface area contributed by atoms with Crippen LogP contribution in [0.15, 0.2) is 53.4 Å². The summed E-state index contributed by atoms with van der Waals surface area (Å²) in [4.78, 5) is 4.65. The summed E-state index contributed by atoms with van der Waals surface area (Å²) in [5.41, 5.74) is 1.01. The van der Waals surface area contributed by atoms with Gasteiger partial charge in [0, 0.05) is 45.0 Å². The molecule has 0 bridgehead atoms. The van der Waals surface area contributed by atoms with Crippen LogP contribution in [0.3, 0.4) is 0 Å². The average Bonchev–Trinajstić information content (AvgIpc) is 2.69. The Morgan fingerprint density at radius 3 is 2.22 bits per heavy atom. The molecule has 146 valence electrons. The number of methoxy groups -OCH3 is 1. The molecule has 1 aliphatic heterocycles. The topological polar surface area (TPSA) is 61.9 Å². The zero-order valence-electron chi connectivity index (χ0n) is 15.3. The van der Waals surface area contributed by atoms with Gasteiger partial charge in [0.05, 0.1) is 12.0 Å². The summed E-state index contributed by atoms with van der Waals surface area (Å²) in [5.74, 6) is 0.384. The van der Waals surface area contributed by atoms with Gasteiger partial charge >= 0.3 is 0 Å². The highest BCUT2D eigenvalue weighted by Gasteiger charge is 2.18. The van der Waals surface area contributed by atoms with Crippen LogP contribution in [-0.2, 0) is 10.0 Å². The molecular weight excluding hydrogens is 369 g/mol. The molecule has 1 aliphatic rings. The molecule has 6 nitrogen and oxygen atoms in total. The van der Waals surface area contributed by atoms with Crippen molar-refractivity contribution in [3.05, 3.63) is 54.3 Å². The fourth-order valence-corrected chi connectivity index (χ4v) is 4.08. The molecule has 1 saturated heterocycles. The number of hydrogen-bond donors (Lipinski definition) is 1. The van der Waals surface area contributed by atoms with E-state index in [1.165, 1.54) is 31.4 Å². The highest BCUT2D eigenvalue weighted by Crippen LogP contribution is 2.17. The maximum atomic E-state index is 13.0. The van der Waals surface area contributed by atoms with Crippen LogP contribution in [0.25, 0.3) is 0 Å². The molecule has 1 heterocycles. The van der Waals surface area contributed by atoms with Crippen molar-refractivity contribution in [1.29, 1.82) is 0 Å². The van der Waals surface area contributed by atoms with Crippen LogP contribution in [0.2, 0.25) is 0 Å². The van der Waals surface area contributed by atoms with Crippen LogP contribution < -0.4 is 14.4 Å². The lowest BCUT2D eigenvalue weighted by Crippen LogP contribution is -2.48. The average molecular weight is 393 g/mol. The van der Waals surface area contributed by atoms with Gasteiger partial charge in [0.1, 0.15) is 11.6 Å². The zero-order chi connectivity index (χ0) is 19.3. The van der Waals surface area contributed by atoms with E-state index in [1.807, 2.05) is 0 Å². The number of piperazine rings is 1. The Hall–Kier alpha value is -2.16. The van der Waals surface area contributed by atoms with Gasteiger partial charge in [-0.3, -0.25) is 4.90 Å². The molecule has 1 fully saturated rings. The Kier molecular flexibility index (Phi) is 6.30. The van der Waals surface area contributed by atoms with E-state index in [4.69, 9.17) is 4.74 Å². The molecule has 0 atom stereocenters. The van der Waals surface area contributed by atoms with Gasteiger partial charge in [-0.25, -0.2) is 17.5 Å². The summed E-state index contributed by atoms with van der Waals surface area (Å²) in [7, 11) is -1.98. The lowest BCUT2D eigenvalue weighted by molar-refractivity contribution is 0.262. The Morgan fingerprint density at radius 2 is 1.63 bits per heavy atom. The highest BCUT2D eigenvalue weighted by atomic mass is 32.2. The van der Waals surface area contributed by atoms with Gasteiger partial charge < -0.3 is 9.64 Å². The molecule has 0 unspecified atom stereocenters. The summed E-state index contributed by atoms with van der Waals surface area (Å²) >= 11 is 0. The summed E-state index contributed by atoms with van der Waals surface area (Å²) in [6, 6.07) is 12.8. The minimum absolute atomic E-state index is 0.226. The summed E-state index contributed by atoms with van der Waals surface area (Å²) in [5, 5.41) is 0. The number of rotatable bonds is 7. The normalized spacial score (nSPS) is 15.7. The first-order valence-electron chi connectivity index (χ1n) is 8.84. The predicted molar refractivity (Wildman–Crippen MR) is 103 cm³/mol. The maximum Gasteiger partial charge on any atom is 0.240 e. The van der Waals surface area contributed by atoms with Crippen LogP contribution in [0.5, 0.6) is 5.75 Å². The van der Waals surface area contributed by atoms with E-state index in [-0.39, 0.29) is 10.7 Å². The van der Waals surface area contributed by atoms with E-state index in [0.717, 1.165) is 31.9 Å². The first-order chi connectivity index (χ1) is 13.0. The molecule has 2 aromatic rings. The third-order valence-electron chi connectivity index (χ3n) is 4.65. The monoisotopic (exact) mass is 393 g/mol. The Balaban J connectivity index is 1.45. The first kappa shape index (κ1) is 19.6. The van der Waals surface area contributed by atoms with Crippen molar-refractivity contribution in [3.63, 3.8) is 0 Å². The van der Waals surface area contributed by atoms with Crippen molar-refractivity contribution in [2.75, 3.05) is 51.3 Å². The SMILES string of the molecule is COc1ccc(S(=O)(=O)NCCN2CCN(c3ccc(F)cc3)CC2)cc1. The van der Waals surface area contributed by atoms with Crippen molar-refractivity contribution >= 4 is 15.7 Å². The number of benzene rings is 2. The summed E-state index contributed by atoms with van der Waals surface area (Å²) < 4.78 is 45.4. The zero-order valence-corrected chi connectivity index (χ0v) is 16.1. The number of halogens is 1. The van der Waals surface area contributed by atoms with Crippen molar-refractivity contribution in [2.45, 2.75) is 4.90 Å². The molecule has 27 heavy (non-hydrogen) atoms. The largest absolute Gasteiger partial charge is 0.497 e. The molecule has 8 heteroatoms. The number of anilines is 1. The number of hydrogen-bond acceptors (Lipinski definition) is 5. The van der Waals surface area contributed by atoms with Gasteiger partial charge in [-0.05, 0) is 48.5 Å². The molecule has 0 radical (unpaired) electrons. The van der Waals surface area contributed by atoms with Gasteiger partial charge in [-0.2, -0.15) is 0 Å². The molecule has 0 saturated carbocycles. The van der Waals surface area contributed by atoms with Crippen molar-refractivity contribution in [3.8, 4) is 5.75 Å². The molecule has 3 rings (SSSR count). The van der Waals surface area contributed by atoms with E-state index in [0.29, 0.717) is 18.8 Å². The number of sulfonamides is 1. The quantitative estimate of drug-likeness (QED) is 0.779. The van der Waals surface area contributed by atoms with E-state index in [1.54, 1.807) is 24.3 Å². The third-order valence-corrected chi connectivity index (χ3v) is 6.13. The second-order valence-corrected chi connectivity index (χ2v) is 8.15. The maximum absolute atomic E-state index is 13.0. The van der Waals surface area contributed by atoms with Crippen molar-refractivity contribution in [1.82, 2.24) is 9.62 Å². The molecule has 0 aromatic heterocycles. The standard InChI is InChI=1S/C19H24FN3O3S/c1-26-18-6-8-19(9-7-18)27(24,25)21-10-11-22-12-14-23(15-13-22)17-4-2-16(20)3-5-17/h2-9,21H,10-15H2,1H3. The second kappa shape index (κ2) is 8.69. The van der Waals surface area contributed by atoms with Crippen LogP contribution in [-0.4, -0.2) is 59.7 Å². The summed E-state index contributed by atoms with van der Waals surface area (Å²) in [6.07, 6.45) is 0. The lowest BCUT2D eigenvalue weighted by Gasteiger charge is -2.36. The molecule has 0 aliphatic carbocycles. The minimum atomic E-state index is -3.52. The molecule has 0 amide bonds. The van der Waals surface area contributed by atoms with Gasteiger partial charge in [0.15, 0.2) is 0 Å². The number of ether oxygens (including phenoxy) is 1. The van der Waals surface area contributed by atoms with Gasteiger partial charge in [-0.15, -0.1) is 0 Å². The van der Waals surface area contributed by atoms with Gasteiger partial charge in [-0.1, -0.05) is 0 Å². The fraction of sp³-hybridized carbons (Fsp3) is 0.368. The fourth-order valence-electron chi connectivity index (χ4n) is 3.06. The van der Waals surface area contributed by atoms with Crippen molar-refractivity contribution < 1.29 is 17.5 Å². The van der Waals surface area contributed by atoms with E-state index in [9.17, 15) is 12.8 Å². The van der Waals surface area contributed by atoms with Crippen LogP contribution in [0, 0.1) is 5.82 Å². The Bertz CT molecular complexity index is 834. The van der Waals surface area contributed by atoms with Crippen LogP contribution in [0.4, 0.5) is 10.1 Å². The van der Waals surface area contributed by atoms with Gasteiger partial charge in [0.2, 0.25) is 10.0 Å². The molecular formula is C19H24FN3O3S. The second-order valence-electron chi connectivity index (χ2n) is 6.38. The van der Waals surface area contributed by atoms with Crippen molar-refractivity contribution in [2.24, 2.45) is 0 Å². The van der Waals surface area contributed by atoms with E-state index < -0.39 is 10.0 Å². The Morgan fingerprint density at radius 1 is 1.00 bits per heavy atom. The Labute approximate surface area is 159 Å². The molecule has 1 N–H and O–H groups in total. The minimum Gasteiger partial charge on any atom is -0.497 e. The van der Waals surface area contributed by atoms with E-state index >= 15 is 0 Å². The predicted octanol–water partition coefficient (Wildman–Crippen LogP) is 1.93. The van der Waals surface area contributed by atoms with E-state index in [2.05, 4.69) is 14.5 Å². The first-order valence-corrected chi connectivity index (χ1v) is 10.3. The lowest BCUT2D eigenvalue weighted by atomic mass is 10.2. The highest BCUT2D eigenvalue weighted by molar-refractivity contribution is 7.89. The third kappa shape index (κ3) is 5.18. The number of nitrogens with zero attached hydrogens (tertiary/aromatic N) is 2. The number of nitrogens with one attached hydrogen (secondary N) is 1. The summed E-state index contributed by atoms with van der Waals surface area (Å²) in [6.45, 7) is 4.33. The van der Waals surface area contributed by atoms with Crippen LogP contribution in [0.1, 0.15) is 0 Å². The molecule has 2 aromatic carbocycles. The van der Waals surface area contributed by atoms with Crippen LogP contribution >= 0.6 is 0 Å². The smallest absolute Gasteiger partial charge is 0.240 e. The molecule has 0 spiro atoms. The van der Waals surface area contributed by atoms with Gasteiger partial charge in [0.25, 0.3) is 0 Å².